The van der Waals surface area contributed by atoms with Gasteiger partial charge in [-0.05, 0) is 66.5 Å². The maximum atomic E-state index is 13.0. The molecule has 1 saturated heterocycles. The first-order chi connectivity index (χ1) is 14.9. The van der Waals surface area contributed by atoms with E-state index < -0.39 is 24.3 Å². The van der Waals surface area contributed by atoms with Gasteiger partial charge in [0.1, 0.15) is 12.2 Å². The first kappa shape index (κ1) is 21.5. The van der Waals surface area contributed by atoms with Crippen molar-refractivity contribution >= 4 is 11.9 Å². The number of aryl methyl sites for hydroxylation is 4. The van der Waals surface area contributed by atoms with Crippen LogP contribution >= 0.6 is 0 Å². The van der Waals surface area contributed by atoms with Gasteiger partial charge in [0.05, 0.1) is 11.7 Å². The zero-order chi connectivity index (χ0) is 22.0. The van der Waals surface area contributed by atoms with E-state index in [0.717, 1.165) is 22.3 Å². The van der Waals surface area contributed by atoms with Gasteiger partial charge in [-0.1, -0.05) is 24.3 Å². The average Bonchev–Trinajstić information content (AvgIpc) is 2.75. The van der Waals surface area contributed by atoms with Gasteiger partial charge < -0.3 is 25.4 Å². The highest BCUT2D eigenvalue weighted by molar-refractivity contribution is 5.96. The summed E-state index contributed by atoms with van der Waals surface area (Å²) < 4.78 is 5.50. The minimum Gasteiger partial charge on any atom is -0.478 e. The van der Waals surface area contributed by atoms with Gasteiger partial charge in [0.2, 0.25) is 0 Å². The number of aliphatic hydroxyl groups is 2. The molecule has 1 amide bonds. The Morgan fingerprint density at radius 2 is 1.55 bits per heavy atom. The van der Waals surface area contributed by atoms with Gasteiger partial charge >= 0.3 is 5.97 Å². The summed E-state index contributed by atoms with van der Waals surface area (Å²) in [7, 11) is 0. The molecule has 3 unspecified atom stereocenters. The molecule has 7 nitrogen and oxygen atoms in total. The van der Waals surface area contributed by atoms with Gasteiger partial charge in [-0.2, -0.15) is 0 Å². The number of nitrogens with one attached hydrogen (secondary N) is 1. The van der Waals surface area contributed by atoms with Crippen molar-refractivity contribution < 1.29 is 29.6 Å². The lowest BCUT2D eigenvalue weighted by molar-refractivity contribution is -0.132. The predicted molar refractivity (Wildman–Crippen MR) is 113 cm³/mol. The van der Waals surface area contributed by atoms with Crippen molar-refractivity contribution in [2.45, 2.75) is 50.4 Å². The number of aliphatic hydroxyl groups excluding tert-OH is 2. The molecule has 3 atom stereocenters. The summed E-state index contributed by atoms with van der Waals surface area (Å²) in [5, 5.41) is 32.3. The Morgan fingerprint density at radius 1 is 0.935 bits per heavy atom. The van der Waals surface area contributed by atoms with E-state index in [2.05, 4.69) is 5.32 Å². The fourth-order valence-electron chi connectivity index (χ4n) is 4.29. The highest BCUT2D eigenvalue weighted by atomic mass is 16.5. The van der Waals surface area contributed by atoms with Crippen molar-refractivity contribution in [3.63, 3.8) is 0 Å². The third-order valence-corrected chi connectivity index (χ3v) is 6.17. The normalized spacial score (nSPS) is 23.1. The molecule has 2 aromatic rings. The third-order valence-electron chi connectivity index (χ3n) is 6.17. The van der Waals surface area contributed by atoms with Crippen LogP contribution in [0, 0.1) is 0 Å². The molecule has 0 radical (unpaired) electrons. The van der Waals surface area contributed by atoms with E-state index in [1.807, 2.05) is 30.3 Å². The summed E-state index contributed by atoms with van der Waals surface area (Å²) in [6, 6.07) is 11.4. The smallest absolute Gasteiger partial charge is 0.335 e. The Kier molecular flexibility index (Phi) is 6.36. The van der Waals surface area contributed by atoms with Crippen molar-refractivity contribution in [1.82, 2.24) is 5.32 Å². The van der Waals surface area contributed by atoms with Gasteiger partial charge in [-0.3, -0.25) is 4.79 Å². The van der Waals surface area contributed by atoms with Crippen LogP contribution in [0.3, 0.4) is 0 Å². The highest BCUT2D eigenvalue weighted by Crippen LogP contribution is 2.22. The molecule has 5 aliphatic rings. The first-order valence-electron chi connectivity index (χ1n) is 10.6. The maximum Gasteiger partial charge on any atom is 0.335 e. The monoisotopic (exact) mass is 425 g/mol. The number of benzene rings is 2. The number of amides is 1. The van der Waals surface area contributed by atoms with Crippen molar-refractivity contribution in [3.8, 4) is 0 Å². The van der Waals surface area contributed by atoms with E-state index in [-0.39, 0.29) is 12.5 Å². The highest BCUT2D eigenvalue weighted by Gasteiger charge is 2.31. The molecule has 1 heterocycles. The number of carbonyl (C=O) groups excluding carboxylic acids is 1. The molecule has 0 spiro atoms. The standard InChI is InChI=1S/C24H27NO6/c26-20-9-10-31-21(22(20)27)13-25-23(28)18-11-14-1-5-16(18)6-2-15-4-8-17(7-3-14)19(12-15)24(29)30/h1,4-5,8,11-12,20-22,26-27H,2-3,6-7,9-10,13H2,(H,25,28)(H,29,30). The lowest BCUT2D eigenvalue weighted by atomic mass is 9.91. The van der Waals surface area contributed by atoms with Crippen LogP contribution in [0.4, 0.5) is 0 Å². The molecular formula is C24H27NO6. The number of carboxylic acids is 1. The van der Waals surface area contributed by atoms with Crippen LogP contribution < -0.4 is 5.32 Å². The van der Waals surface area contributed by atoms with Crippen molar-refractivity contribution in [2.24, 2.45) is 0 Å². The van der Waals surface area contributed by atoms with Crippen LogP contribution in [-0.2, 0) is 30.4 Å². The van der Waals surface area contributed by atoms with Gasteiger partial charge in [-0.15, -0.1) is 0 Å². The van der Waals surface area contributed by atoms with E-state index >= 15 is 0 Å². The Hall–Kier alpha value is -2.74. The second-order valence-electron chi connectivity index (χ2n) is 8.25. The van der Waals surface area contributed by atoms with E-state index in [0.29, 0.717) is 49.8 Å². The van der Waals surface area contributed by atoms with Crippen LogP contribution in [0.1, 0.15) is 49.4 Å². The Labute approximate surface area is 180 Å². The lowest BCUT2D eigenvalue weighted by Gasteiger charge is -2.32. The number of carboxylic acid groups (broad SMARTS) is 1. The summed E-state index contributed by atoms with van der Waals surface area (Å²) in [5.41, 5.74) is 4.47. The maximum absolute atomic E-state index is 13.0. The summed E-state index contributed by atoms with van der Waals surface area (Å²) in [5.74, 6) is -1.16. The largest absolute Gasteiger partial charge is 0.478 e. The first-order valence-corrected chi connectivity index (χ1v) is 10.6. The fraction of sp³-hybridized carbons (Fsp3) is 0.417. The second kappa shape index (κ2) is 9.18. The van der Waals surface area contributed by atoms with Crippen LogP contribution in [0.5, 0.6) is 0 Å². The molecule has 2 aromatic carbocycles. The molecule has 4 aliphatic carbocycles. The van der Waals surface area contributed by atoms with E-state index in [9.17, 15) is 24.9 Å². The summed E-state index contributed by atoms with van der Waals surface area (Å²) in [4.78, 5) is 24.6. The number of hydrogen-bond acceptors (Lipinski definition) is 5. The van der Waals surface area contributed by atoms with Gasteiger partial charge in [-0.25, -0.2) is 4.79 Å². The van der Waals surface area contributed by atoms with Gasteiger partial charge in [0, 0.05) is 18.7 Å². The Bertz CT molecular complexity index is 988. The molecule has 7 rings (SSSR count). The van der Waals surface area contributed by atoms with Gasteiger partial charge in [0.25, 0.3) is 5.91 Å². The molecule has 1 fully saturated rings. The Morgan fingerprint density at radius 3 is 2.19 bits per heavy atom. The minimum atomic E-state index is -1.02. The molecule has 4 N–H and O–H groups in total. The molecule has 7 heteroatoms. The lowest BCUT2D eigenvalue weighted by Crippen LogP contribution is -2.50. The molecule has 31 heavy (non-hydrogen) atoms. The molecular weight excluding hydrogens is 398 g/mol. The van der Waals surface area contributed by atoms with Crippen molar-refractivity contribution in [3.05, 3.63) is 69.8 Å². The second-order valence-corrected chi connectivity index (χ2v) is 8.25. The number of carbonyl (C=O) groups is 2. The average molecular weight is 425 g/mol. The van der Waals surface area contributed by atoms with Crippen molar-refractivity contribution in [2.75, 3.05) is 13.2 Å². The number of aromatic carboxylic acids is 1. The van der Waals surface area contributed by atoms with E-state index in [4.69, 9.17) is 4.74 Å². The molecule has 0 aromatic heterocycles. The van der Waals surface area contributed by atoms with E-state index in [1.54, 1.807) is 6.07 Å². The van der Waals surface area contributed by atoms with E-state index in [1.165, 1.54) is 0 Å². The van der Waals surface area contributed by atoms with Crippen LogP contribution in [0.15, 0.2) is 36.4 Å². The summed E-state index contributed by atoms with van der Waals surface area (Å²) in [6.45, 7) is 0.458. The molecule has 0 saturated carbocycles. The SMILES string of the molecule is O=C(O)c1cc2ccc1CCc1ccc(c(C(=O)NCC3OCCC(O)C3O)c1)CC2. The van der Waals surface area contributed by atoms with Crippen LogP contribution in [-0.4, -0.2) is 58.7 Å². The summed E-state index contributed by atoms with van der Waals surface area (Å²) in [6.07, 6.45) is 0.281. The van der Waals surface area contributed by atoms with Crippen LogP contribution in [0.2, 0.25) is 0 Å². The van der Waals surface area contributed by atoms with Crippen molar-refractivity contribution in [1.29, 1.82) is 0 Å². The fourth-order valence-corrected chi connectivity index (χ4v) is 4.29. The summed E-state index contributed by atoms with van der Waals surface area (Å²) >= 11 is 0. The number of ether oxygens (including phenoxy) is 1. The third kappa shape index (κ3) is 4.79. The molecule has 4 bridgehead atoms. The van der Waals surface area contributed by atoms with Gasteiger partial charge in [0.15, 0.2) is 0 Å². The number of rotatable bonds is 4. The van der Waals surface area contributed by atoms with Crippen LogP contribution in [0.25, 0.3) is 0 Å². The Balaban J connectivity index is 1.53. The molecule has 1 aliphatic heterocycles. The zero-order valence-electron chi connectivity index (χ0n) is 17.2. The quantitative estimate of drug-likeness (QED) is 0.590. The topological polar surface area (TPSA) is 116 Å². The minimum absolute atomic E-state index is 0.115. The number of hydrogen-bond donors (Lipinski definition) is 4. The molecule has 164 valence electrons. The zero-order valence-corrected chi connectivity index (χ0v) is 17.2. The predicted octanol–water partition coefficient (Wildman–Crippen LogP) is 1.51.